The predicted octanol–water partition coefficient (Wildman–Crippen LogP) is 5.54. The molecule has 0 N–H and O–H groups in total. The van der Waals surface area contributed by atoms with E-state index in [0.717, 1.165) is 79.1 Å². The first-order valence-electron chi connectivity index (χ1n) is 12.5. The molecule has 35 heavy (non-hydrogen) atoms. The fraction of sp³-hybridized carbons (Fsp3) is 0.379. The first-order chi connectivity index (χ1) is 17.1. The summed E-state index contributed by atoms with van der Waals surface area (Å²) in [4.78, 5) is 20.2. The van der Waals surface area contributed by atoms with Gasteiger partial charge in [0.25, 0.3) is 0 Å². The fourth-order valence-corrected chi connectivity index (χ4v) is 5.34. The van der Waals surface area contributed by atoms with Crippen LogP contribution in [0.4, 0.5) is 0 Å². The Morgan fingerprint density at radius 2 is 1.97 bits per heavy atom. The maximum atomic E-state index is 13.7. The van der Waals surface area contributed by atoms with Gasteiger partial charge in [-0.15, -0.1) is 0 Å². The molecule has 6 heteroatoms. The first-order valence-corrected chi connectivity index (χ1v) is 12.5. The summed E-state index contributed by atoms with van der Waals surface area (Å²) in [7, 11) is 3.37. The molecule has 1 aromatic heterocycles. The van der Waals surface area contributed by atoms with E-state index in [1.807, 2.05) is 47.4 Å². The number of likely N-dealkylation sites (tertiary alicyclic amines) is 1. The standard InChI is InChI=1S/C29H33N3O3/c1-4-23-18-31(19-30-23)27-13-10-20(16-28(27)35-3)15-22-8-6-14-32(29(22)33)26-9-5-7-21-11-12-24(34-2)17-25(21)26/h10-13,15-19,26H,4-9,14H2,1-3H3/b22-15+/t26-/m0/s1. The third kappa shape index (κ3) is 4.57. The van der Waals surface area contributed by atoms with Crippen molar-refractivity contribution in [3.63, 3.8) is 0 Å². The molecule has 0 saturated carbocycles. The van der Waals surface area contributed by atoms with Crippen molar-refractivity contribution < 1.29 is 14.3 Å². The van der Waals surface area contributed by atoms with Gasteiger partial charge in [-0.25, -0.2) is 4.98 Å². The van der Waals surface area contributed by atoms with Gasteiger partial charge < -0.3 is 18.9 Å². The van der Waals surface area contributed by atoms with Crippen LogP contribution in [0.2, 0.25) is 0 Å². The number of methoxy groups -OCH3 is 2. The van der Waals surface area contributed by atoms with E-state index in [9.17, 15) is 4.79 Å². The van der Waals surface area contributed by atoms with Crippen molar-refractivity contribution in [1.29, 1.82) is 0 Å². The van der Waals surface area contributed by atoms with Crippen LogP contribution in [0.3, 0.4) is 0 Å². The average molecular weight is 472 g/mol. The molecular formula is C29H33N3O3. The minimum Gasteiger partial charge on any atom is -0.497 e. The predicted molar refractivity (Wildman–Crippen MR) is 137 cm³/mol. The number of amides is 1. The molecule has 0 radical (unpaired) electrons. The van der Waals surface area contributed by atoms with Gasteiger partial charge in [-0.1, -0.05) is 19.1 Å². The van der Waals surface area contributed by atoms with E-state index >= 15 is 0 Å². The van der Waals surface area contributed by atoms with E-state index in [4.69, 9.17) is 9.47 Å². The molecule has 5 rings (SSSR count). The van der Waals surface area contributed by atoms with Crippen LogP contribution in [0, 0.1) is 0 Å². The van der Waals surface area contributed by atoms with Gasteiger partial charge in [-0.2, -0.15) is 0 Å². The molecule has 0 unspecified atom stereocenters. The molecule has 1 aliphatic heterocycles. The lowest BCUT2D eigenvalue weighted by molar-refractivity contribution is -0.131. The summed E-state index contributed by atoms with van der Waals surface area (Å²) in [5.74, 6) is 1.75. The van der Waals surface area contributed by atoms with Gasteiger partial charge in [0.1, 0.15) is 11.5 Å². The van der Waals surface area contributed by atoms with Crippen LogP contribution in [0.5, 0.6) is 11.5 Å². The molecule has 1 atom stereocenters. The first kappa shape index (κ1) is 23.2. The topological polar surface area (TPSA) is 56.6 Å². The lowest BCUT2D eigenvalue weighted by Crippen LogP contribution is -2.41. The van der Waals surface area contributed by atoms with Crippen LogP contribution in [-0.4, -0.2) is 41.1 Å². The minimum absolute atomic E-state index is 0.107. The van der Waals surface area contributed by atoms with Crippen molar-refractivity contribution in [3.05, 3.63) is 76.9 Å². The van der Waals surface area contributed by atoms with Gasteiger partial charge in [0, 0.05) is 18.3 Å². The van der Waals surface area contributed by atoms with Gasteiger partial charge in [-0.3, -0.25) is 4.79 Å². The molecular weight excluding hydrogens is 438 g/mol. The van der Waals surface area contributed by atoms with Gasteiger partial charge in [-0.05, 0) is 85.6 Å². The summed E-state index contributed by atoms with van der Waals surface area (Å²) < 4.78 is 13.2. The second-order valence-electron chi connectivity index (χ2n) is 9.30. The number of imidazole rings is 1. The van der Waals surface area contributed by atoms with Crippen molar-refractivity contribution in [3.8, 4) is 17.2 Å². The fourth-order valence-electron chi connectivity index (χ4n) is 5.34. The molecule has 182 valence electrons. The summed E-state index contributed by atoms with van der Waals surface area (Å²) in [5.41, 5.74) is 6.37. The molecule has 1 fully saturated rings. The van der Waals surface area contributed by atoms with Crippen molar-refractivity contribution in [1.82, 2.24) is 14.5 Å². The summed E-state index contributed by atoms with van der Waals surface area (Å²) in [5, 5.41) is 0. The number of hydrogen-bond donors (Lipinski definition) is 0. The molecule has 6 nitrogen and oxygen atoms in total. The number of fused-ring (bicyclic) bond motifs is 1. The molecule has 1 amide bonds. The van der Waals surface area contributed by atoms with Gasteiger partial charge >= 0.3 is 0 Å². The molecule has 1 aliphatic carbocycles. The lowest BCUT2D eigenvalue weighted by Gasteiger charge is -2.39. The number of rotatable bonds is 6. The second-order valence-corrected chi connectivity index (χ2v) is 9.30. The third-order valence-corrected chi connectivity index (χ3v) is 7.21. The van der Waals surface area contributed by atoms with Crippen LogP contribution in [0.15, 0.2) is 54.5 Å². The zero-order chi connectivity index (χ0) is 24.4. The highest BCUT2D eigenvalue weighted by Gasteiger charge is 2.33. The summed E-state index contributed by atoms with van der Waals surface area (Å²) in [6, 6.07) is 12.5. The van der Waals surface area contributed by atoms with Gasteiger partial charge in [0.15, 0.2) is 0 Å². The number of aryl methyl sites for hydroxylation is 2. The zero-order valence-electron chi connectivity index (χ0n) is 20.8. The number of ether oxygens (including phenoxy) is 2. The highest BCUT2D eigenvalue weighted by atomic mass is 16.5. The highest BCUT2D eigenvalue weighted by molar-refractivity contribution is 5.99. The molecule has 0 spiro atoms. The SMILES string of the molecule is CCc1cn(-c2ccc(/C=C3\CCCN([C@H]4CCCc5ccc(OC)cc54)C3=O)cc2OC)cn1. The quantitative estimate of drug-likeness (QED) is 0.443. The Morgan fingerprint density at radius 3 is 2.74 bits per heavy atom. The Kier molecular flexibility index (Phi) is 6.62. The molecule has 3 aromatic rings. The number of piperidine rings is 1. The van der Waals surface area contributed by atoms with Crippen molar-refractivity contribution in [2.24, 2.45) is 0 Å². The number of benzene rings is 2. The number of nitrogens with zero attached hydrogens (tertiary/aromatic N) is 3. The molecule has 1 saturated heterocycles. The van der Waals surface area contributed by atoms with Crippen LogP contribution < -0.4 is 9.47 Å². The number of carbonyl (C=O) groups is 1. The van der Waals surface area contributed by atoms with E-state index in [-0.39, 0.29) is 11.9 Å². The van der Waals surface area contributed by atoms with Gasteiger partial charge in [0.05, 0.1) is 38.0 Å². The van der Waals surface area contributed by atoms with Gasteiger partial charge in [0.2, 0.25) is 5.91 Å². The van der Waals surface area contributed by atoms with Crippen molar-refractivity contribution in [2.45, 2.75) is 51.5 Å². The van der Waals surface area contributed by atoms with Crippen LogP contribution in [-0.2, 0) is 17.6 Å². The monoisotopic (exact) mass is 471 g/mol. The van der Waals surface area contributed by atoms with E-state index in [2.05, 4.69) is 28.9 Å². The van der Waals surface area contributed by atoms with Crippen molar-refractivity contribution >= 4 is 12.0 Å². The summed E-state index contributed by atoms with van der Waals surface area (Å²) in [6.07, 6.45) is 11.7. The maximum Gasteiger partial charge on any atom is 0.250 e. The van der Waals surface area contributed by atoms with E-state index < -0.39 is 0 Å². The Morgan fingerprint density at radius 1 is 1.09 bits per heavy atom. The number of carbonyl (C=O) groups excluding carboxylic acids is 1. The van der Waals surface area contributed by atoms with E-state index in [0.29, 0.717) is 0 Å². The molecule has 0 bridgehead atoms. The Hall–Kier alpha value is -3.54. The number of aromatic nitrogens is 2. The van der Waals surface area contributed by atoms with Crippen LogP contribution in [0.1, 0.15) is 61.0 Å². The second kappa shape index (κ2) is 9.98. The van der Waals surface area contributed by atoms with Crippen molar-refractivity contribution in [2.75, 3.05) is 20.8 Å². The normalized spacial score (nSPS) is 19.1. The Balaban J connectivity index is 1.42. The molecule has 2 aromatic carbocycles. The number of hydrogen-bond acceptors (Lipinski definition) is 4. The average Bonchev–Trinajstić information content (AvgIpc) is 3.38. The zero-order valence-corrected chi connectivity index (χ0v) is 20.8. The Labute approximate surface area is 207 Å². The van der Waals surface area contributed by atoms with Crippen LogP contribution >= 0.6 is 0 Å². The van der Waals surface area contributed by atoms with Crippen LogP contribution in [0.25, 0.3) is 11.8 Å². The molecule has 2 aliphatic rings. The third-order valence-electron chi connectivity index (χ3n) is 7.21. The van der Waals surface area contributed by atoms with E-state index in [1.54, 1.807) is 14.2 Å². The minimum atomic E-state index is 0.107. The summed E-state index contributed by atoms with van der Waals surface area (Å²) >= 11 is 0. The highest BCUT2D eigenvalue weighted by Crippen LogP contribution is 2.39. The Bertz CT molecular complexity index is 1260. The molecule has 2 heterocycles. The lowest BCUT2D eigenvalue weighted by atomic mass is 9.85. The maximum absolute atomic E-state index is 13.7. The van der Waals surface area contributed by atoms with E-state index in [1.165, 1.54) is 11.1 Å². The summed E-state index contributed by atoms with van der Waals surface area (Å²) in [6.45, 7) is 2.88. The smallest absolute Gasteiger partial charge is 0.250 e. The largest absolute Gasteiger partial charge is 0.497 e.